The molecule has 1 fully saturated rings. The summed E-state index contributed by atoms with van der Waals surface area (Å²) in [4.78, 5) is 23.8. The predicted octanol–water partition coefficient (Wildman–Crippen LogP) is 2.74. The Balaban J connectivity index is 1.26. The van der Waals surface area contributed by atoms with E-state index in [0.717, 1.165) is 54.0 Å². The molecule has 0 unspecified atom stereocenters. The van der Waals surface area contributed by atoms with Crippen molar-refractivity contribution < 1.29 is 19.1 Å². The highest BCUT2D eigenvalue weighted by atomic mass is 16.5. The lowest BCUT2D eigenvalue weighted by Crippen LogP contribution is -2.24. The Morgan fingerprint density at radius 2 is 1.93 bits per heavy atom. The Hall–Kier alpha value is -2.70. The molecule has 0 radical (unpaired) electrons. The Morgan fingerprint density at radius 3 is 2.79 bits per heavy atom. The van der Waals surface area contributed by atoms with Crippen LogP contribution >= 0.6 is 0 Å². The van der Waals surface area contributed by atoms with E-state index in [4.69, 9.17) is 9.47 Å². The molecule has 0 aliphatic carbocycles. The number of carbonyl (C=O) groups excluding carboxylic acids is 2. The Labute approximate surface area is 170 Å². The third-order valence-electron chi connectivity index (χ3n) is 5.30. The van der Waals surface area contributed by atoms with Gasteiger partial charge in [-0.15, -0.1) is 0 Å². The van der Waals surface area contributed by atoms with Crippen molar-refractivity contribution in [2.75, 3.05) is 18.5 Å². The summed E-state index contributed by atoms with van der Waals surface area (Å²) in [6, 6.07) is 13.8. The number of carbonyl (C=O) groups is 2. The van der Waals surface area contributed by atoms with Crippen molar-refractivity contribution >= 4 is 17.5 Å². The largest absolute Gasteiger partial charge is 0.381 e. The summed E-state index contributed by atoms with van der Waals surface area (Å²) >= 11 is 0. The molecule has 2 aromatic carbocycles. The quantitative estimate of drug-likeness (QED) is 0.757. The van der Waals surface area contributed by atoms with Crippen molar-refractivity contribution in [2.24, 2.45) is 0 Å². The van der Waals surface area contributed by atoms with Crippen LogP contribution in [0.1, 0.15) is 35.1 Å². The van der Waals surface area contributed by atoms with E-state index >= 15 is 0 Å². The standard InChI is InChI=1S/C23H26N2O4/c26-22(12-16-4-5-19-13-23(27)25-21(19)11-16)24-14-17-2-1-3-18(10-17)15-29-20-6-8-28-9-7-20/h1-5,10-11,20H,6-9,12-15H2,(H,24,26)(H,25,27). The smallest absolute Gasteiger partial charge is 0.228 e. The molecule has 0 saturated carbocycles. The maximum absolute atomic E-state index is 12.3. The number of benzene rings is 2. The fourth-order valence-corrected chi connectivity index (χ4v) is 3.71. The number of rotatable bonds is 7. The van der Waals surface area contributed by atoms with E-state index in [-0.39, 0.29) is 24.3 Å². The van der Waals surface area contributed by atoms with Gasteiger partial charge in [0, 0.05) is 25.4 Å². The molecule has 0 atom stereocenters. The van der Waals surface area contributed by atoms with E-state index in [2.05, 4.69) is 16.7 Å². The summed E-state index contributed by atoms with van der Waals surface area (Å²) < 4.78 is 11.3. The van der Waals surface area contributed by atoms with E-state index in [0.29, 0.717) is 19.6 Å². The summed E-state index contributed by atoms with van der Waals surface area (Å²) in [5, 5.41) is 5.79. The third-order valence-corrected chi connectivity index (χ3v) is 5.30. The average Bonchev–Trinajstić information content (AvgIpc) is 3.11. The van der Waals surface area contributed by atoms with Crippen LogP contribution in [0.4, 0.5) is 5.69 Å². The van der Waals surface area contributed by atoms with Gasteiger partial charge in [-0.3, -0.25) is 9.59 Å². The van der Waals surface area contributed by atoms with Gasteiger partial charge in [0.25, 0.3) is 0 Å². The van der Waals surface area contributed by atoms with Gasteiger partial charge in [0.15, 0.2) is 0 Å². The van der Waals surface area contributed by atoms with Crippen molar-refractivity contribution in [2.45, 2.75) is 44.9 Å². The van der Waals surface area contributed by atoms with Crippen LogP contribution in [0.15, 0.2) is 42.5 Å². The lowest BCUT2D eigenvalue weighted by atomic mass is 10.1. The van der Waals surface area contributed by atoms with Crippen LogP contribution in [0, 0.1) is 0 Å². The zero-order valence-electron chi connectivity index (χ0n) is 16.4. The first-order chi connectivity index (χ1) is 14.2. The van der Waals surface area contributed by atoms with E-state index < -0.39 is 0 Å². The lowest BCUT2D eigenvalue weighted by Gasteiger charge is -2.22. The van der Waals surface area contributed by atoms with Crippen molar-refractivity contribution in [3.63, 3.8) is 0 Å². The summed E-state index contributed by atoms with van der Waals surface area (Å²) in [5.74, 6) is -0.0413. The first-order valence-corrected chi connectivity index (χ1v) is 10.1. The van der Waals surface area contributed by atoms with Crippen LogP contribution in [-0.4, -0.2) is 31.1 Å². The molecular weight excluding hydrogens is 368 g/mol. The number of fused-ring (bicyclic) bond motifs is 1. The minimum atomic E-state index is -0.0434. The Kier molecular flexibility index (Phi) is 6.22. The molecule has 4 rings (SSSR count). The summed E-state index contributed by atoms with van der Waals surface area (Å²) in [7, 11) is 0. The van der Waals surface area contributed by atoms with Crippen molar-refractivity contribution in [1.82, 2.24) is 5.32 Å². The van der Waals surface area contributed by atoms with Crippen molar-refractivity contribution in [1.29, 1.82) is 0 Å². The maximum Gasteiger partial charge on any atom is 0.228 e. The van der Waals surface area contributed by atoms with Crippen molar-refractivity contribution in [3.05, 3.63) is 64.7 Å². The monoisotopic (exact) mass is 394 g/mol. The molecule has 2 heterocycles. The van der Waals surface area contributed by atoms with Crippen LogP contribution in [0.3, 0.4) is 0 Å². The molecule has 2 amide bonds. The SMILES string of the molecule is O=C(Cc1ccc2c(c1)NC(=O)C2)NCc1cccc(COC2CCOCC2)c1. The molecule has 2 aliphatic rings. The second kappa shape index (κ2) is 9.20. The number of hydrogen-bond donors (Lipinski definition) is 2. The second-order valence-corrected chi connectivity index (χ2v) is 7.61. The van der Waals surface area contributed by atoms with E-state index in [1.54, 1.807) is 0 Å². The highest BCUT2D eigenvalue weighted by Gasteiger charge is 2.18. The molecule has 29 heavy (non-hydrogen) atoms. The van der Waals surface area contributed by atoms with Gasteiger partial charge < -0.3 is 20.1 Å². The van der Waals surface area contributed by atoms with Gasteiger partial charge in [-0.2, -0.15) is 0 Å². The van der Waals surface area contributed by atoms with Crippen LogP contribution in [0.25, 0.3) is 0 Å². The Bertz CT molecular complexity index is 890. The highest BCUT2D eigenvalue weighted by Crippen LogP contribution is 2.24. The number of amides is 2. The van der Waals surface area contributed by atoms with Crippen LogP contribution in [0.5, 0.6) is 0 Å². The number of nitrogens with one attached hydrogen (secondary N) is 2. The van der Waals surface area contributed by atoms with E-state index in [1.165, 1.54) is 0 Å². The first kappa shape index (κ1) is 19.6. The molecule has 0 spiro atoms. The fraction of sp³-hybridized carbons (Fsp3) is 0.391. The van der Waals surface area contributed by atoms with Crippen molar-refractivity contribution in [3.8, 4) is 0 Å². The predicted molar refractivity (Wildman–Crippen MR) is 109 cm³/mol. The molecule has 0 aromatic heterocycles. The molecule has 2 N–H and O–H groups in total. The van der Waals surface area contributed by atoms with E-state index in [9.17, 15) is 9.59 Å². The third kappa shape index (κ3) is 5.43. The Morgan fingerprint density at radius 1 is 1.10 bits per heavy atom. The molecular formula is C23H26N2O4. The first-order valence-electron chi connectivity index (χ1n) is 10.1. The molecule has 6 nitrogen and oxygen atoms in total. The fourth-order valence-electron chi connectivity index (χ4n) is 3.71. The van der Waals surface area contributed by atoms with Crippen LogP contribution in [-0.2, 0) is 45.1 Å². The van der Waals surface area contributed by atoms with Gasteiger partial charge in [-0.25, -0.2) is 0 Å². The van der Waals surface area contributed by atoms with Gasteiger partial charge in [0.05, 0.1) is 25.6 Å². The zero-order valence-corrected chi connectivity index (χ0v) is 16.4. The molecule has 2 aliphatic heterocycles. The summed E-state index contributed by atoms with van der Waals surface area (Å²) in [6.45, 7) is 2.60. The molecule has 2 aromatic rings. The highest BCUT2D eigenvalue weighted by molar-refractivity contribution is 5.99. The summed E-state index contributed by atoms with van der Waals surface area (Å²) in [5.41, 5.74) is 4.85. The van der Waals surface area contributed by atoms with Gasteiger partial charge in [-0.1, -0.05) is 36.4 Å². The van der Waals surface area contributed by atoms with Gasteiger partial charge in [0.2, 0.25) is 11.8 Å². The van der Waals surface area contributed by atoms with Gasteiger partial charge >= 0.3 is 0 Å². The molecule has 152 valence electrons. The second-order valence-electron chi connectivity index (χ2n) is 7.61. The number of anilines is 1. The minimum Gasteiger partial charge on any atom is -0.381 e. The average molecular weight is 394 g/mol. The molecule has 6 heteroatoms. The van der Waals surface area contributed by atoms with E-state index in [1.807, 2.05) is 36.4 Å². The zero-order chi connectivity index (χ0) is 20.1. The maximum atomic E-state index is 12.3. The minimum absolute atomic E-state index is 0.00211. The van der Waals surface area contributed by atoms with Crippen LogP contribution < -0.4 is 10.6 Å². The normalized spacial score (nSPS) is 16.3. The molecule has 1 saturated heterocycles. The van der Waals surface area contributed by atoms with Crippen LogP contribution in [0.2, 0.25) is 0 Å². The van der Waals surface area contributed by atoms with Gasteiger partial charge in [-0.05, 0) is 41.2 Å². The van der Waals surface area contributed by atoms with Gasteiger partial charge in [0.1, 0.15) is 0 Å². The molecule has 0 bridgehead atoms. The lowest BCUT2D eigenvalue weighted by molar-refractivity contribution is -0.120. The summed E-state index contributed by atoms with van der Waals surface area (Å²) in [6.07, 6.45) is 2.86. The number of hydrogen-bond acceptors (Lipinski definition) is 4. The topological polar surface area (TPSA) is 76.7 Å². The number of ether oxygens (including phenoxy) is 2.